The zero-order chi connectivity index (χ0) is 92.8. The quantitative estimate of drug-likeness (QED) is 0.00850. The molecule has 0 unspecified atom stereocenters. The number of halogens is 16. The summed E-state index contributed by atoms with van der Waals surface area (Å²) in [6, 6.07) is 18.3. The zero-order valence-electron chi connectivity index (χ0n) is 68.0. The number of urea groups is 2. The number of aliphatic hydroxyl groups is 1. The number of aromatic nitrogens is 14. The van der Waals surface area contributed by atoms with E-state index in [0.29, 0.717) is 115 Å². The van der Waals surface area contributed by atoms with Crippen molar-refractivity contribution in [3.63, 3.8) is 0 Å². The molecule has 0 aliphatic carbocycles. The Kier molecular flexibility index (Phi) is 55.4. The maximum Gasteiger partial charge on any atom is 1.00 e. The van der Waals surface area contributed by atoms with Gasteiger partial charge >= 0.3 is 61.3 Å². The molecule has 0 saturated carbocycles. The van der Waals surface area contributed by atoms with Gasteiger partial charge in [-0.3, -0.25) is 39.2 Å². The molecular weight excluding hydrogens is 2220 g/mol. The van der Waals surface area contributed by atoms with Crippen molar-refractivity contribution in [1.29, 1.82) is 0 Å². The first-order chi connectivity index (χ1) is 58.8. The number of methoxy groups -OCH3 is 8. The third kappa shape index (κ3) is 38.9. The predicted molar refractivity (Wildman–Crippen MR) is 497 cm³/mol. The number of hydrogen-bond acceptors (Lipinski definition) is 30. The SMILES string of the molecule is CN.COc1cc(N)cc(OC)c1.COc1cc(NCc2cnc(Cl)nc2Cl)cc(OC)c1.COc1cc(OC)c(Cl)c(N2Cc3cnc(Cl)nc3N(C)C2=O)c1Cl.COc1cc(OC)cc(N2Cc3cnc(Cl)nc3N(C)C2=O)c1.Cl.ClCc1cnc(Cl)nc1Cl.Clc1ncc(CI)c(Cl)n1.O=S(=O)(Cl)Cl.O=c1[nH]cc(CO)c(=O)[nH]1.O=c1cc[nH]c(=O)[nH]1.[I-].[Na+]. The second kappa shape index (κ2) is 59.8. The Labute approximate surface area is 848 Å². The number of H-pyrrole nitrogens is 4. The summed E-state index contributed by atoms with van der Waals surface area (Å²) in [4.78, 5) is 120. The Bertz CT molecular complexity index is 5610. The van der Waals surface area contributed by atoms with Crippen LogP contribution < -0.4 is 150 Å². The molecular formula is C71H74Cl14I2N21NaO17S. The number of ether oxygens (including phenoxy) is 8. The van der Waals surface area contributed by atoms with Gasteiger partial charge in [0.15, 0.2) is 0 Å². The maximum absolute atomic E-state index is 12.9. The first-order valence-electron chi connectivity index (χ1n) is 33.8. The third-order valence-electron chi connectivity index (χ3n) is 15.0. The van der Waals surface area contributed by atoms with Crippen LogP contribution in [0.25, 0.3) is 0 Å². The van der Waals surface area contributed by atoms with Gasteiger partial charge in [-0.2, -0.15) is 18.4 Å². The number of aromatic amines is 4. The van der Waals surface area contributed by atoms with Crippen LogP contribution in [-0.2, 0) is 44.8 Å². The molecule has 684 valence electrons. The van der Waals surface area contributed by atoms with E-state index < -0.39 is 25.2 Å². The van der Waals surface area contributed by atoms with Gasteiger partial charge in [0.05, 0.1) is 99.4 Å². The van der Waals surface area contributed by atoms with Gasteiger partial charge in [0.25, 0.3) is 11.1 Å². The number of aliphatic hydroxyl groups excluding tert-OH is 1. The number of hydrogen-bond donors (Lipinski definition) is 8. The summed E-state index contributed by atoms with van der Waals surface area (Å²) in [5.74, 6) is 5.96. The molecule has 38 nitrogen and oxygen atoms in total. The van der Waals surface area contributed by atoms with Crippen molar-refractivity contribution in [3.8, 4) is 46.0 Å². The van der Waals surface area contributed by atoms with Crippen LogP contribution in [0.1, 0.15) is 33.4 Å². The number of anilines is 6. The zero-order valence-corrected chi connectivity index (χ0v) is 85.8. The van der Waals surface area contributed by atoms with E-state index in [1.807, 2.05) is 22.1 Å². The molecule has 9 heterocycles. The van der Waals surface area contributed by atoms with Crippen molar-refractivity contribution in [1.82, 2.24) is 69.8 Å². The number of nitrogens with zero attached hydrogens (tertiary/aromatic N) is 14. The minimum atomic E-state index is -3.72. The van der Waals surface area contributed by atoms with Gasteiger partial charge in [0, 0.05) is 196 Å². The van der Waals surface area contributed by atoms with E-state index in [0.717, 1.165) is 26.8 Å². The number of benzene rings is 4. The van der Waals surface area contributed by atoms with E-state index in [4.69, 9.17) is 185 Å². The molecule has 4 aromatic carbocycles. The van der Waals surface area contributed by atoms with Crippen LogP contribution in [-0.4, -0.2) is 173 Å². The molecule has 13 rings (SSSR count). The van der Waals surface area contributed by atoms with Crippen LogP contribution in [0.15, 0.2) is 129 Å². The third-order valence-corrected chi connectivity index (χ3v) is 18.7. The molecule has 0 fully saturated rings. The van der Waals surface area contributed by atoms with Crippen molar-refractivity contribution < 1.29 is 115 Å². The summed E-state index contributed by atoms with van der Waals surface area (Å²) in [7, 11) is 22.0. The molecule has 11 aromatic rings. The van der Waals surface area contributed by atoms with Crippen molar-refractivity contribution >= 4 is 239 Å². The standard InChI is InChI=1S/C15H13Cl3N4O3.C15H15ClN4O3.C13H13Cl2N3O2.C8H11NO2.C5H3Cl3N2.C5H3Cl2IN2.C5H6N2O3.C4H4N2O2.CH5N.Cl2O2S.ClH.HI.Na/c1-21-13-7(5-19-14(18)20-13)6-22(15(21)23)12-10(16)8(24-2)4-9(25-3)11(12)17;1-19-13-9(7-17-14(16)18-13)8-20(15(19)21)10-4-11(22-2)6-12(5-10)23-3;1-19-10-3-9(4-11(5-10)20-2)16-6-8-7-17-13(15)18-12(8)14;1-10-7-3-6(9)4-8(5-7)11-2;6-1-3-2-9-5(8)10-4(3)7;6-4-3(1-8)2-9-5(7)10-4;8-2-3-1-6-5(10)7-4(3)9;7-3-1-2-5-4(8)6-3;1-2;1-5(2,3)4;;;/h4-5H,6H2,1-3H3;4-7H,8H2,1-3H3;3-5,7,16H,6H2,1-2H3;3-5H,9H2,1-2H3;2*2H,1H2;1,8H,2H2,(H2,6,7,9,10);1-2H,(H2,5,6,7,8);2H2,1H3;;2*1H;/q;;;;;;;;;;;;+1/p-1. The summed E-state index contributed by atoms with van der Waals surface area (Å²) in [5, 5.41) is 13.8. The van der Waals surface area contributed by atoms with E-state index >= 15 is 0 Å². The molecule has 0 saturated heterocycles. The molecule has 0 radical (unpaired) electrons. The van der Waals surface area contributed by atoms with Crippen molar-refractivity contribution in [3.05, 3.63) is 237 Å². The van der Waals surface area contributed by atoms with Gasteiger partial charge in [0.2, 0.25) is 26.4 Å². The fourth-order valence-electron chi connectivity index (χ4n) is 9.28. The number of fused-ring (bicyclic) bond motifs is 2. The molecule has 0 atom stereocenters. The van der Waals surface area contributed by atoms with Crippen molar-refractivity contribution in [2.24, 2.45) is 5.73 Å². The average molecular weight is 2300 g/mol. The molecule has 10 N–H and O–H groups in total. The fourth-order valence-corrected chi connectivity index (χ4v) is 12.4. The van der Waals surface area contributed by atoms with Gasteiger partial charge in [-0.15, -0.1) is 24.0 Å². The van der Waals surface area contributed by atoms with Crippen molar-refractivity contribution in [2.45, 2.75) is 36.5 Å². The molecule has 2 aliphatic rings. The van der Waals surface area contributed by atoms with Crippen LogP contribution in [0.5, 0.6) is 46.0 Å². The Hall–Kier alpha value is -7.43. The van der Waals surface area contributed by atoms with E-state index in [1.54, 1.807) is 135 Å². The monoisotopic (exact) mass is 2290 g/mol. The van der Waals surface area contributed by atoms with E-state index in [9.17, 15) is 28.8 Å². The van der Waals surface area contributed by atoms with Crippen LogP contribution in [0.2, 0.25) is 51.9 Å². The Morgan fingerprint density at radius 3 is 1.24 bits per heavy atom. The molecule has 2 aliphatic heterocycles. The Morgan fingerprint density at radius 2 is 0.882 bits per heavy atom. The summed E-state index contributed by atoms with van der Waals surface area (Å²) < 4.78 is 60.5. The van der Waals surface area contributed by atoms with Crippen LogP contribution in [0.4, 0.5) is 44.0 Å². The van der Waals surface area contributed by atoms with Gasteiger partial charge in [-0.05, 0) is 65.1 Å². The number of amides is 4. The van der Waals surface area contributed by atoms with E-state index in [1.165, 1.54) is 60.6 Å². The second-order valence-corrected chi connectivity index (χ2v) is 31.0. The number of alkyl halides is 2. The smallest absolute Gasteiger partial charge is 1.00 e. The maximum atomic E-state index is 12.9. The second-order valence-electron chi connectivity index (χ2n) is 22.8. The number of nitrogens with two attached hydrogens (primary N) is 2. The Morgan fingerprint density at radius 1 is 0.512 bits per heavy atom. The van der Waals surface area contributed by atoms with Crippen LogP contribution in [0.3, 0.4) is 0 Å². The van der Waals surface area contributed by atoms with E-state index in [2.05, 4.69) is 115 Å². The number of rotatable bonds is 16. The number of carbonyl (C=O) groups is 2. The van der Waals surface area contributed by atoms with Crippen LogP contribution in [0, 0.1) is 0 Å². The number of nitrogens with one attached hydrogen (secondary N) is 5. The molecule has 0 bridgehead atoms. The molecule has 7 aromatic heterocycles. The first kappa shape index (κ1) is 118. The normalized spacial score (nSPS) is 11.0. The average Bonchev–Trinajstić information content (AvgIpc) is 0.776. The van der Waals surface area contributed by atoms with E-state index in [-0.39, 0.29) is 144 Å². The number of nitrogen functional groups attached to an aromatic ring is 1. The molecule has 4 amide bonds. The summed E-state index contributed by atoms with van der Waals surface area (Å²) in [6.07, 6.45) is 10.4. The predicted octanol–water partition coefficient (Wildman–Crippen LogP) is 9.03. The van der Waals surface area contributed by atoms with Gasteiger partial charge in [-0.25, -0.2) is 59.0 Å². The van der Waals surface area contributed by atoms with Crippen molar-refractivity contribution in [2.75, 3.05) is 109 Å². The van der Waals surface area contributed by atoms with Gasteiger partial charge in [-0.1, -0.05) is 80.6 Å². The fraction of sp³-hybridized carbons (Fsp3) is 0.239. The largest absolute Gasteiger partial charge is 1.00 e. The Balaban J connectivity index is 0.000000737. The summed E-state index contributed by atoms with van der Waals surface area (Å²) >= 11 is 66.0. The molecule has 0 spiro atoms. The van der Waals surface area contributed by atoms with Gasteiger partial charge in [0.1, 0.15) is 83.1 Å². The summed E-state index contributed by atoms with van der Waals surface area (Å²) in [6.45, 7) is 0.607. The molecule has 127 heavy (non-hydrogen) atoms. The minimum absolute atomic E-state index is 0. The number of carbonyl (C=O) groups excluding carboxylic acids is 2. The minimum Gasteiger partial charge on any atom is -1.00 e. The molecule has 56 heteroatoms. The summed E-state index contributed by atoms with van der Waals surface area (Å²) in [5.41, 5.74) is 14.5. The topological polar surface area (TPSA) is 500 Å². The van der Waals surface area contributed by atoms with Gasteiger partial charge < -0.3 is 93.7 Å². The first-order valence-corrected chi connectivity index (χ1v) is 42.7. The van der Waals surface area contributed by atoms with Crippen LogP contribution >= 0.6 is 184 Å².